The Balaban J connectivity index is 1.51. The third-order valence-electron chi connectivity index (χ3n) is 7.56. The van der Waals surface area contributed by atoms with Crippen LogP contribution in [0, 0.1) is 0 Å². The third-order valence-corrected chi connectivity index (χ3v) is 7.56. The van der Waals surface area contributed by atoms with E-state index in [1.54, 1.807) is 12.1 Å². The first-order valence-electron chi connectivity index (χ1n) is 11.0. The second-order valence-corrected chi connectivity index (χ2v) is 9.19. The van der Waals surface area contributed by atoms with Crippen LogP contribution >= 0.6 is 0 Å². The molecule has 9 heteroatoms. The Kier molecular flexibility index (Phi) is 4.77. The molecular formula is C23H28N2O7. The molecule has 1 saturated heterocycles. The van der Waals surface area contributed by atoms with Crippen molar-refractivity contribution >= 4 is 11.9 Å². The van der Waals surface area contributed by atoms with E-state index >= 15 is 0 Å². The van der Waals surface area contributed by atoms with Gasteiger partial charge in [0.05, 0.1) is 17.4 Å². The number of hydrogen-bond donors (Lipinski definition) is 3. The summed E-state index contributed by atoms with van der Waals surface area (Å²) in [6.45, 7) is 2.30. The molecule has 0 saturated carbocycles. The molecule has 0 aromatic heterocycles. The molecule has 1 aromatic carbocycles. The second kappa shape index (κ2) is 7.19. The van der Waals surface area contributed by atoms with Gasteiger partial charge in [0.1, 0.15) is 5.76 Å². The largest absolute Gasteiger partial charge is 0.504 e. The molecule has 2 bridgehead atoms. The van der Waals surface area contributed by atoms with Gasteiger partial charge in [-0.3, -0.25) is 4.79 Å². The van der Waals surface area contributed by atoms with Crippen molar-refractivity contribution in [3.05, 3.63) is 35.1 Å². The number of ether oxygens (including phenoxy) is 3. The van der Waals surface area contributed by atoms with Crippen molar-refractivity contribution in [1.29, 1.82) is 0 Å². The van der Waals surface area contributed by atoms with Gasteiger partial charge in [-0.05, 0) is 51.1 Å². The predicted octanol–water partition coefficient (Wildman–Crippen LogP) is 0.494. The van der Waals surface area contributed by atoms with Crippen LogP contribution < -0.4 is 10.5 Å². The summed E-state index contributed by atoms with van der Waals surface area (Å²) in [6, 6.07) is 3.36. The van der Waals surface area contributed by atoms with E-state index in [0.717, 1.165) is 17.7 Å². The average Bonchev–Trinajstić information content (AvgIpc) is 3.10. The van der Waals surface area contributed by atoms with E-state index in [-0.39, 0.29) is 36.9 Å². The van der Waals surface area contributed by atoms with Crippen LogP contribution in [0.2, 0.25) is 0 Å². The first-order chi connectivity index (χ1) is 15.2. The number of phenols is 1. The maximum atomic E-state index is 12.7. The lowest BCUT2D eigenvalue weighted by Gasteiger charge is -2.61. The van der Waals surface area contributed by atoms with Crippen LogP contribution in [0.4, 0.5) is 0 Å². The van der Waals surface area contributed by atoms with E-state index in [1.165, 1.54) is 6.92 Å². The summed E-state index contributed by atoms with van der Waals surface area (Å²) in [5.74, 6) is -0.685. The number of nitrogens with zero attached hydrogens (tertiary/aromatic N) is 1. The fraction of sp³-hybridized carbons (Fsp3) is 0.565. The molecule has 9 nitrogen and oxygen atoms in total. The van der Waals surface area contributed by atoms with Gasteiger partial charge in [-0.1, -0.05) is 6.07 Å². The second-order valence-electron chi connectivity index (χ2n) is 9.19. The van der Waals surface area contributed by atoms with Crippen LogP contribution in [0.3, 0.4) is 0 Å². The summed E-state index contributed by atoms with van der Waals surface area (Å²) in [5.41, 5.74) is 5.23. The molecule has 1 spiro atoms. The molecule has 1 fully saturated rings. The van der Waals surface area contributed by atoms with Crippen molar-refractivity contribution in [2.75, 3.05) is 20.1 Å². The Morgan fingerprint density at radius 2 is 2.19 bits per heavy atom. The van der Waals surface area contributed by atoms with E-state index in [9.17, 15) is 19.8 Å². The lowest BCUT2D eigenvalue weighted by atomic mass is 9.50. The molecule has 0 radical (unpaired) electrons. The molecule has 172 valence electrons. The lowest BCUT2D eigenvalue weighted by molar-refractivity contribution is -0.175. The molecule has 4 aliphatic rings. The van der Waals surface area contributed by atoms with E-state index in [1.807, 2.05) is 13.1 Å². The monoisotopic (exact) mass is 444 g/mol. The Bertz CT molecular complexity index is 1020. The Hall–Kier alpha value is -2.62. The number of carbonyl (C=O) groups is 2. The molecule has 2 aliphatic carbocycles. The number of aromatic hydroxyl groups is 1. The Labute approximate surface area is 185 Å². The summed E-state index contributed by atoms with van der Waals surface area (Å²) in [6.07, 6.45) is 1.32. The van der Waals surface area contributed by atoms with Gasteiger partial charge in [0.2, 0.25) is 0 Å². The topological polar surface area (TPSA) is 132 Å². The van der Waals surface area contributed by atoms with Crippen LogP contribution in [-0.2, 0) is 30.9 Å². The zero-order valence-electron chi connectivity index (χ0n) is 18.2. The number of likely N-dealkylation sites (tertiary alicyclic amines) is 1. The van der Waals surface area contributed by atoms with Gasteiger partial charge >= 0.3 is 11.9 Å². The molecule has 2 aliphatic heterocycles. The van der Waals surface area contributed by atoms with Crippen molar-refractivity contribution in [1.82, 2.24) is 4.90 Å². The molecule has 5 unspecified atom stereocenters. The molecule has 2 heterocycles. The molecule has 32 heavy (non-hydrogen) atoms. The minimum atomic E-state index is -1.13. The van der Waals surface area contributed by atoms with Gasteiger partial charge in [-0.2, -0.15) is 0 Å². The van der Waals surface area contributed by atoms with Crippen LogP contribution in [0.25, 0.3) is 0 Å². The van der Waals surface area contributed by atoms with Gasteiger partial charge in [-0.15, -0.1) is 0 Å². The average molecular weight is 444 g/mol. The summed E-state index contributed by atoms with van der Waals surface area (Å²) in [7, 11) is 2.00. The molecular weight excluding hydrogens is 416 g/mol. The molecule has 4 N–H and O–H groups in total. The Morgan fingerprint density at radius 1 is 1.41 bits per heavy atom. The van der Waals surface area contributed by atoms with Gasteiger partial charge in [0.25, 0.3) is 0 Å². The number of rotatable bonds is 5. The fourth-order valence-corrected chi connectivity index (χ4v) is 6.06. The standard InChI is InChI=1S/C23H28N2O7/c1-12(30-17(27)6-9-24)21(28)31-15-5-7-23(29)16-11-13-3-4-14(26)19-18(13)22(23,20(15)32-19)8-10-25(16)2/h3-5,12,16,20,26,29H,6-11,24H2,1-2H3. The smallest absolute Gasteiger partial charge is 0.352 e. The molecule has 5 rings (SSSR count). The van der Waals surface area contributed by atoms with Crippen molar-refractivity contribution in [3.63, 3.8) is 0 Å². The van der Waals surface area contributed by atoms with Crippen LogP contribution in [0.15, 0.2) is 24.0 Å². The van der Waals surface area contributed by atoms with Gasteiger partial charge in [0, 0.05) is 24.6 Å². The SMILES string of the molecule is CC(OC(=O)CCN)C(=O)OC1=CCC2(O)C3Cc4ccc(O)c5c4C2(CCN3C)C1O5. The fourth-order valence-electron chi connectivity index (χ4n) is 6.06. The highest BCUT2D eigenvalue weighted by Gasteiger charge is 2.72. The number of likely N-dealkylation sites (N-methyl/N-ethyl adjacent to an activating group) is 1. The highest BCUT2D eigenvalue weighted by atomic mass is 16.6. The van der Waals surface area contributed by atoms with E-state index in [4.69, 9.17) is 19.9 Å². The summed E-state index contributed by atoms with van der Waals surface area (Å²) < 4.78 is 17.0. The van der Waals surface area contributed by atoms with E-state index in [2.05, 4.69) is 4.90 Å². The number of esters is 2. The summed E-state index contributed by atoms with van der Waals surface area (Å²) in [5, 5.41) is 22.6. The minimum Gasteiger partial charge on any atom is -0.504 e. The van der Waals surface area contributed by atoms with Crippen molar-refractivity contribution in [3.8, 4) is 11.5 Å². The number of piperidine rings is 1. The van der Waals surface area contributed by atoms with Gasteiger partial charge in [0.15, 0.2) is 23.7 Å². The maximum Gasteiger partial charge on any atom is 0.352 e. The van der Waals surface area contributed by atoms with Crippen molar-refractivity contribution in [2.24, 2.45) is 5.73 Å². The highest BCUT2D eigenvalue weighted by molar-refractivity contribution is 5.80. The number of carbonyl (C=O) groups excluding carboxylic acids is 2. The van der Waals surface area contributed by atoms with Gasteiger partial charge < -0.3 is 35.1 Å². The zero-order chi connectivity index (χ0) is 22.8. The number of phenolic OH excluding ortho intramolecular Hbond substituents is 1. The summed E-state index contributed by atoms with van der Waals surface area (Å²) in [4.78, 5) is 26.6. The molecule has 1 aromatic rings. The van der Waals surface area contributed by atoms with Crippen LogP contribution in [0.1, 0.15) is 37.3 Å². The predicted molar refractivity (Wildman–Crippen MR) is 112 cm³/mol. The number of nitrogens with two attached hydrogens (primary N) is 1. The lowest BCUT2D eigenvalue weighted by Crippen LogP contribution is -2.74. The quantitative estimate of drug-likeness (QED) is 0.555. The Morgan fingerprint density at radius 3 is 2.94 bits per heavy atom. The molecule has 0 amide bonds. The first kappa shape index (κ1) is 21.2. The maximum absolute atomic E-state index is 12.7. The number of hydrogen-bond acceptors (Lipinski definition) is 9. The van der Waals surface area contributed by atoms with Crippen molar-refractivity contribution in [2.45, 2.75) is 61.9 Å². The molecule has 5 atom stereocenters. The van der Waals surface area contributed by atoms with E-state index in [0.29, 0.717) is 18.6 Å². The highest BCUT2D eigenvalue weighted by Crippen LogP contribution is 2.65. The summed E-state index contributed by atoms with van der Waals surface area (Å²) >= 11 is 0. The normalized spacial score (nSPS) is 32.9. The van der Waals surface area contributed by atoms with Crippen LogP contribution in [0.5, 0.6) is 11.5 Å². The van der Waals surface area contributed by atoms with Gasteiger partial charge in [-0.25, -0.2) is 4.79 Å². The number of aliphatic hydroxyl groups is 1. The third kappa shape index (κ3) is 2.68. The van der Waals surface area contributed by atoms with Crippen molar-refractivity contribution < 1.29 is 34.0 Å². The van der Waals surface area contributed by atoms with E-state index < -0.39 is 35.2 Å². The minimum absolute atomic E-state index is 0.00186. The van der Waals surface area contributed by atoms with Crippen LogP contribution in [-0.4, -0.2) is 71.0 Å². The zero-order valence-corrected chi connectivity index (χ0v) is 18.2. The number of benzene rings is 1. The first-order valence-corrected chi connectivity index (χ1v) is 11.0.